The van der Waals surface area contributed by atoms with E-state index in [-0.39, 0.29) is 5.41 Å². The average Bonchev–Trinajstić information content (AvgIpc) is 3.12. The fourth-order valence-corrected chi connectivity index (χ4v) is 4.14. The molecule has 0 amide bonds. The number of ether oxygens (including phenoxy) is 1. The Morgan fingerprint density at radius 1 is 1.21 bits per heavy atom. The van der Waals surface area contributed by atoms with Crippen LogP contribution in [0.4, 0.5) is 5.69 Å². The lowest BCUT2D eigenvalue weighted by molar-refractivity contribution is 0.342. The van der Waals surface area contributed by atoms with Crippen molar-refractivity contribution >= 4 is 17.6 Å². The van der Waals surface area contributed by atoms with Crippen LogP contribution in [0.15, 0.2) is 35.5 Å². The van der Waals surface area contributed by atoms with E-state index < -0.39 is 0 Å². The van der Waals surface area contributed by atoms with E-state index in [1.54, 1.807) is 7.11 Å². The molecule has 0 atom stereocenters. The van der Waals surface area contributed by atoms with Gasteiger partial charge in [0.25, 0.3) is 0 Å². The number of hydrogen-bond donors (Lipinski definition) is 1. The van der Waals surface area contributed by atoms with Gasteiger partial charge in [-0.15, -0.1) is 0 Å². The number of allylic oxidation sites excluding steroid dienone is 1. The molecular weight excluding hydrogens is 298 g/mol. The van der Waals surface area contributed by atoms with Crippen molar-refractivity contribution in [3.8, 4) is 17.0 Å². The number of aromatic nitrogens is 1. The average molecular weight is 317 g/mol. The van der Waals surface area contributed by atoms with Gasteiger partial charge >= 0.3 is 0 Å². The maximum absolute atomic E-state index is 6.26. The summed E-state index contributed by atoms with van der Waals surface area (Å²) in [7, 11) is 1.72. The van der Waals surface area contributed by atoms with Crippen LogP contribution in [0, 0.1) is 0 Å². The highest BCUT2D eigenvalue weighted by molar-refractivity contribution is 6.01. The van der Waals surface area contributed by atoms with Crippen LogP contribution < -0.4 is 10.5 Å². The zero-order valence-corrected chi connectivity index (χ0v) is 13.7. The van der Waals surface area contributed by atoms with Crippen LogP contribution in [-0.2, 0) is 11.8 Å². The molecule has 2 N–H and O–H groups in total. The lowest BCUT2D eigenvalue weighted by Crippen LogP contribution is -2.44. The number of benzene rings is 1. The van der Waals surface area contributed by atoms with Crippen LogP contribution >= 0.6 is 0 Å². The minimum absolute atomic E-state index is 0.0452. The molecule has 3 aliphatic rings. The maximum Gasteiger partial charge on any atom is 0.128 e. The van der Waals surface area contributed by atoms with Crippen LogP contribution in [0.2, 0.25) is 0 Å². The van der Waals surface area contributed by atoms with Crippen molar-refractivity contribution in [3.05, 3.63) is 47.2 Å². The molecule has 1 fully saturated rings. The van der Waals surface area contributed by atoms with Gasteiger partial charge in [-0.05, 0) is 54.2 Å². The second-order valence-electron chi connectivity index (χ2n) is 6.88. The summed E-state index contributed by atoms with van der Waals surface area (Å²) in [6.45, 7) is 0. The zero-order valence-electron chi connectivity index (χ0n) is 13.7. The Bertz CT molecular complexity index is 923. The predicted octanol–water partition coefficient (Wildman–Crippen LogP) is 3.75. The van der Waals surface area contributed by atoms with Crippen LogP contribution in [0.3, 0.4) is 0 Å². The summed E-state index contributed by atoms with van der Waals surface area (Å²) in [5.74, 6) is 1.61. The molecule has 0 radical (unpaired) electrons. The smallest absolute Gasteiger partial charge is 0.128 e. The van der Waals surface area contributed by atoms with E-state index in [0.29, 0.717) is 0 Å². The third kappa shape index (κ3) is 1.68. The molecule has 2 aliphatic carbocycles. The van der Waals surface area contributed by atoms with Crippen molar-refractivity contribution in [3.63, 3.8) is 0 Å². The molecule has 1 spiro atoms. The molecular formula is C20H19N3O. The summed E-state index contributed by atoms with van der Waals surface area (Å²) in [5.41, 5.74) is 12.8. The normalized spacial score (nSPS) is 19.0. The summed E-state index contributed by atoms with van der Waals surface area (Å²) in [4.78, 5) is 9.29. The molecule has 0 unspecified atom stereocenters. The van der Waals surface area contributed by atoms with Crippen LogP contribution in [0.5, 0.6) is 5.75 Å². The second kappa shape index (κ2) is 4.69. The Morgan fingerprint density at radius 3 is 2.83 bits per heavy atom. The van der Waals surface area contributed by atoms with Crippen molar-refractivity contribution in [2.45, 2.75) is 31.1 Å². The first-order valence-electron chi connectivity index (χ1n) is 8.44. The highest BCUT2D eigenvalue weighted by Crippen LogP contribution is 2.53. The fraction of sp³-hybridized carbons (Fsp3) is 0.300. The Kier molecular flexibility index (Phi) is 2.70. The highest BCUT2D eigenvalue weighted by atomic mass is 16.5. The van der Waals surface area contributed by atoms with Gasteiger partial charge in [0.1, 0.15) is 11.6 Å². The molecule has 2 heterocycles. The standard InChI is InChI=1S/C20H19N3O/c1-24-18-10-15-17(23-19(21)20(15)6-3-7-20)9-14(18)16-8-12-4-2-5-13(12)11-22-16/h2,5,8-11H,3-4,6-7H2,1H3,(H2,21,23). The maximum atomic E-state index is 6.26. The molecule has 1 saturated carbocycles. The number of fused-ring (bicyclic) bond motifs is 3. The number of methoxy groups -OCH3 is 1. The highest BCUT2D eigenvalue weighted by Gasteiger charge is 2.47. The molecule has 24 heavy (non-hydrogen) atoms. The van der Waals surface area contributed by atoms with Gasteiger partial charge < -0.3 is 10.5 Å². The van der Waals surface area contributed by atoms with E-state index in [2.05, 4.69) is 40.3 Å². The molecule has 0 saturated heterocycles. The van der Waals surface area contributed by atoms with Gasteiger partial charge in [0, 0.05) is 11.8 Å². The summed E-state index contributed by atoms with van der Waals surface area (Å²) >= 11 is 0. The van der Waals surface area contributed by atoms with Crippen molar-refractivity contribution in [1.29, 1.82) is 0 Å². The van der Waals surface area contributed by atoms with Gasteiger partial charge in [-0.3, -0.25) is 4.98 Å². The van der Waals surface area contributed by atoms with Gasteiger partial charge in [0.15, 0.2) is 0 Å². The van der Waals surface area contributed by atoms with Gasteiger partial charge in [-0.1, -0.05) is 18.6 Å². The number of hydrogen-bond acceptors (Lipinski definition) is 4. The number of pyridine rings is 1. The Hall–Kier alpha value is -2.62. The molecule has 120 valence electrons. The SMILES string of the molecule is COc1cc2c(cc1-c1cc3c(cn1)C=CC3)N=C(N)C21CCC1. The molecule has 4 heteroatoms. The summed E-state index contributed by atoms with van der Waals surface area (Å²) in [6.07, 6.45) is 10.6. The number of nitrogens with zero attached hydrogens (tertiary/aromatic N) is 2. The van der Waals surface area contributed by atoms with Gasteiger partial charge in [-0.2, -0.15) is 0 Å². The monoisotopic (exact) mass is 317 g/mol. The largest absolute Gasteiger partial charge is 0.496 e. The Morgan fingerprint density at radius 2 is 2.08 bits per heavy atom. The first-order valence-corrected chi connectivity index (χ1v) is 8.44. The van der Waals surface area contributed by atoms with Gasteiger partial charge in [-0.25, -0.2) is 4.99 Å². The van der Waals surface area contributed by atoms with Gasteiger partial charge in [0.2, 0.25) is 0 Å². The topological polar surface area (TPSA) is 60.5 Å². The number of amidine groups is 1. The molecule has 1 aromatic heterocycles. The Balaban J connectivity index is 1.67. The molecule has 0 bridgehead atoms. The lowest BCUT2D eigenvalue weighted by Gasteiger charge is -2.39. The minimum Gasteiger partial charge on any atom is -0.496 e. The van der Waals surface area contributed by atoms with E-state index in [9.17, 15) is 0 Å². The number of nitrogens with two attached hydrogens (primary N) is 1. The third-order valence-electron chi connectivity index (χ3n) is 5.71. The van der Waals surface area contributed by atoms with E-state index in [1.807, 2.05) is 6.20 Å². The first-order chi connectivity index (χ1) is 11.7. The van der Waals surface area contributed by atoms with Crippen LogP contribution in [-0.4, -0.2) is 17.9 Å². The molecule has 1 aliphatic heterocycles. The van der Waals surface area contributed by atoms with Gasteiger partial charge in [0.05, 0.1) is 23.9 Å². The summed E-state index contributed by atoms with van der Waals surface area (Å²) < 4.78 is 5.69. The molecule has 4 nitrogen and oxygen atoms in total. The van der Waals surface area contributed by atoms with E-state index >= 15 is 0 Å². The minimum atomic E-state index is -0.0452. The molecule has 2 aromatic rings. The number of aliphatic imine (C=N–C) groups is 1. The third-order valence-corrected chi connectivity index (χ3v) is 5.71. The first kappa shape index (κ1) is 13.8. The van der Waals surface area contributed by atoms with Crippen LogP contribution in [0.1, 0.15) is 36.0 Å². The van der Waals surface area contributed by atoms with Crippen molar-refractivity contribution < 1.29 is 4.74 Å². The fourth-order valence-electron chi connectivity index (χ4n) is 4.14. The number of rotatable bonds is 2. The van der Waals surface area contributed by atoms with Crippen LogP contribution in [0.25, 0.3) is 17.3 Å². The predicted molar refractivity (Wildman–Crippen MR) is 95.8 cm³/mol. The quantitative estimate of drug-likeness (QED) is 0.917. The lowest BCUT2D eigenvalue weighted by atomic mass is 9.64. The Labute approximate surface area is 141 Å². The second-order valence-corrected chi connectivity index (χ2v) is 6.88. The van der Waals surface area contributed by atoms with Crippen molar-refractivity contribution in [1.82, 2.24) is 4.98 Å². The summed E-state index contributed by atoms with van der Waals surface area (Å²) in [6, 6.07) is 6.37. The van der Waals surface area contributed by atoms with E-state index in [0.717, 1.165) is 47.8 Å². The molecule has 1 aromatic carbocycles. The van der Waals surface area contributed by atoms with E-state index in [1.165, 1.54) is 23.1 Å². The van der Waals surface area contributed by atoms with Crippen molar-refractivity contribution in [2.24, 2.45) is 10.7 Å². The van der Waals surface area contributed by atoms with E-state index in [4.69, 9.17) is 10.5 Å². The van der Waals surface area contributed by atoms with Crippen molar-refractivity contribution in [2.75, 3.05) is 7.11 Å². The molecule has 5 rings (SSSR count). The summed E-state index contributed by atoms with van der Waals surface area (Å²) in [5, 5.41) is 0. The zero-order chi connectivity index (χ0) is 16.3.